The summed E-state index contributed by atoms with van der Waals surface area (Å²) in [6, 6.07) is 0. The molecule has 0 unspecified atom stereocenters. The van der Waals surface area contributed by atoms with Gasteiger partial charge >= 0.3 is 0 Å². The van der Waals surface area contributed by atoms with Crippen molar-refractivity contribution < 1.29 is 0 Å². The molecule has 0 spiro atoms. The summed E-state index contributed by atoms with van der Waals surface area (Å²) in [4.78, 5) is 0. The zero-order valence-electron chi connectivity index (χ0n) is 6.35. The van der Waals surface area contributed by atoms with E-state index in [1.165, 1.54) is 5.57 Å². The molecular weight excluding hydrogens is 108 g/mol. The van der Waals surface area contributed by atoms with E-state index in [4.69, 9.17) is 0 Å². The third-order valence-electron chi connectivity index (χ3n) is 1.36. The van der Waals surface area contributed by atoms with E-state index in [-0.39, 0.29) is 0 Å². The van der Waals surface area contributed by atoms with Crippen molar-refractivity contribution >= 4 is 0 Å². The topological polar surface area (TPSA) is 0 Å². The maximum Gasteiger partial charge on any atom is -0.0139 e. The van der Waals surface area contributed by atoms with Gasteiger partial charge in [-0.15, -0.1) is 0 Å². The van der Waals surface area contributed by atoms with E-state index >= 15 is 0 Å². The zero-order chi connectivity index (χ0) is 7.11. The average molecular weight is 123 g/mol. The molecule has 0 rings (SSSR count). The zero-order valence-corrected chi connectivity index (χ0v) is 6.35. The van der Waals surface area contributed by atoms with Gasteiger partial charge in [0.1, 0.15) is 0 Å². The fourth-order valence-corrected chi connectivity index (χ4v) is 0.641. The Kier molecular flexibility index (Phi) is 5.29. The van der Waals surface area contributed by atoms with Crippen LogP contribution in [0.25, 0.3) is 0 Å². The summed E-state index contributed by atoms with van der Waals surface area (Å²) < 4.78 is 0. The molecule has 0 amide bonds. The van der Waals surface area contributed by atoms with Crippen LogP contribution in [0.15, 0.2) is 23.8 Å². The van der Waals surface area contributed by atoms with Crippen LogP contribution in [-0.2, 0) is 0 Å². The predicted octanol–water partition coefficient (Wildman–Crippen LogP) is 3.12. The van der Waals surface area contributed by atoms with Crippen LogP contribution in [0, 0.1) is 6.92 Å². The molecule has 0 heterocycles. The van der Waals surface area contributed by atoms with Gasteiger partial charge in [0, 0.05) is 0 Å². The molecular formula is C9H15. The molecule has 0 atom stereocenters. The minimum atomic E-state index is 1.07. The number of hydrogen-bond acceptors (Lipinski definition) is 0. The first-order chi connectivity index (χ1) is 4.35. The van der Waals surface area contributed by atoms with Crippen LogP contribution in [-0.4, -0.2) is 0 Å². The molecule has 1 radical (unpaired) electrons. The normalized spacial score (nSPS) is 13.0. The van der Waals surface area contributed by atoms with Crippen molar-refractivity contribution in [3.8, 4) is 0 Å². The molecule has 0 N–H and O–H groups in total. The van der Waals surface area contributed by atoms with Crippen molar-refractivity contribution in [2.75, 3.05) is 0 Å². The molecule has 0 fully saturated rings. The van der Waals surface area contributed by atoms with E-state index in [2.05, 4.69) is 26.0 Å². The Balaban J connectivity index is 3.58. The Bertz CT molecular complexity index is 107. The minimum Gasteiger partial charge on any atom is -0.0913 e. The Hall–Kier alpha value is -0.520. The monoisotopic (exact) mass is 123 g/mol. The summed E-state index contributed by atoms with van der Waals surface area (Å²) in [6.45, 7) is 7.91. The second-order valence-electron chi connectivity index (χ2n) is 1.99. The number of hydrogen-bond donors (Lipinski definition) is 0. The van der Waals surface area contributed by atoms with Crippen LogP contribution in [0.4, 0.5) is 0 Å². The van der Waals surface area contributed by atoms with Gasteiger partial charge in [0.15, 0.2) is 0 Å². The van der Waals surface area contributed by atoms with Crippen LogP contribution >= 0.6 is 0 Å². The first-order valence-electron chi connectivity index (χ1n) is 3.43. The van der Waals surface area contributed by atoms with Crippen molar-refractivity contribution in [2.45, 2.75) is 26.7 Å². The molecule has 0 aromatic carbocycles. The highest BCUT2D eigenvalue weighted by molar-refractivity contribution is 5.07. The van der Waals surface area contributed by atoms with Gasteiger partial charge in [-0.05, 0) is 26.7 Å². The fourth-order valence-electron chi connectivity index (χ4n) is 0.641. The molecule has 0 nitrogen and oxygen atoms in total. The molecule has 0 aliphatic heterocycles. The van der Waals surface area contributed by atoms with E-state index in [1.807, 2.05) is 13.0 Å². The molecule has 0 saturated carbocycles. The lowest BCUT2D eigenvalue weighted by atomic mass is 10.1. The van der Waals surface area contributed by atoms with Crippen molar-refractivity contribution in [1.82, 2.24) is 0 Å². The van der Waals surface area contributed by atoms with Crippen molar-refractivity contribution in [3.63, 3.8) is 0 Å². The van der Waals surface area contributed by atoms with Crippen molar-refractivity contribution in [3.05, 3.63) is 30.7 Å². The third kappa shape index (κ3) is 4.01. The van der Waals surface area contributed by atoms with Gasteiger partial charge in [0.05, 0.1) is 0 Å². The minimum absolute atomic E-state index is 1.07. The SMILES string of the molecule is [CH2]C=C(CC)CC=CC. The molecule has 0 saturated heterocycles. The summed E-state index contributed by atoms with van der Waals surface area (Å²) in [5.41, 5.74) is 1.41. The van der Waals surface area contributed by atoms with Crippen molar-refractivity contribution in [1.29, 1.82) is 0 Å². The summed E-state index contributed by atoms with van der Waals surface area (Å²) in [6.07, 6.45) is 8.35. The number of rotatable bonds is 3. The average Bonchev–Trinajstić information content (AvgIpc) is 1.91. The lowest BCUT2D eigenvalue weighted by Crippen LogP contribution is -1.75. The fraction of sp³-hybridized carbons (Fsp3) is 0.444. The Morgan fingerprint density at radius 2 is 2.22 bits per heavy atom. The van der Waals surface area contributed by atoms with E-state index in [0.717, 1.165) is 12.8 Å². The van der Waals surface area contributed by atoms with E-state index in [9.17, 15) is 0 Å². The lowest BCUT2D eigenvalue weighted by Gasteiger charge is -1.95. The van der Waals surface area contributed by atoms with Gasteiger partial charge in [-0.3, -0.25) is 0 Å². The largest absolute Gasteiger partial charge is 0.0913 e. The van der Waals surface area contributed by atoms with Crippen LogP contribution in [0.1, 0.15) is 26.7 Å². The van der Waals surface area contributed by atoms with Crippen LogP contribution in [0.3, 0.4) is 0 Å². The highest BCUT2D eigenvalue weighted by Crippen LogP contribution is 2.05. The molecule has 0 heteroatoms. The molecule has 0 aromatic heterocycles. The Morgan fingerprint density at radius 3 is 2.56 bits per heavy atom. The van der Waals surface area contributed by atoms with Crippen LogP contribution < -0.4 is 0 Å². The first-order valence-corrected chi connectivity index (χ1v) is 3.43. The van der Waals surface area contributed by atoms with Gasteiger partial charge < -0.3 is 0 Å². The predicted molar refractivity (Wildman–Crippen MR) is 43.2 cm³/mol. The summed E-state index contributed by atoms with van der Waals surface area (Å²) in [7, 11) is 0. The van der Waals surface area contributed by atoms with E-state index < -0.39 is 0 Å². The maximum absolute atomic E-state index is 3.71. The van der Waals surface area contributed by atoms with E-state index in [1.54, 1.807) is 0 Å². The first kappa shape index (κ1) is 8.48. The summed E-state index contributed by atoms with van der Waals surface area (Å²) >= 11 is 0. The maximum atomic E-state index is 3.71. The molecule has 0 aromatic rings. The Labute approximate surface area is 58.3 Å². The molecule has 9 heavy (non-hydrogen) atoms. The Morgan fingerprint density at radius 1 is 1.56 bits per heavy atom. The summed E-state index contributed by atoms with van der Waals surface area (Å²) in [5.74, 6) is 0. The lowest BCUT2D eigenvalue weighted by molar-refractivity contribution is 1.03. The highest BCUT2D eigenvalue weighted by atomic mass is 13.9. The van der Waals surface area contributed by atoms with Crippen molar-refractivity contribution in [2.24, 2.45) is 0 Å². The quantitative estimate of drug-likeness (QED) is 0.506. The van der Waals surface area contributed by atoms with Gasteiger partial charge in [-0.1, -0.05) is 30.7 Å². The molecule has 0 aliphatic rings. The van der Waals surface area contributed by atoms with Gasteiger partial charge in [-0.25, -0.2) is 0 Å². The second kappa shape index (κ2) is 5.61. The number of allylic oxidation sites excluding steroid dienone is 4. The molecule has 51 valence electrons. The van der Waals surface area contributed by atoms with E-state index in [0.29, 0.717) is 0 Å². The summed E-state index contributed by atoms with van der Waals surface area (Å²) in [5, 5.41) is 0. The van der Waals surface area contributed by atoms with Crippen LogP contribution in [0.2, 0.25) is 0 Å². The third-order valence-corrected chi connectivity index (χ3v) is 1.36. The molecule has 0 aliphatic carbocycles. The van der Waals surface area contributed by atoms with Crippen LogP contribution in [0.5, 0.6) is 0 Å². The van der Waals surface area contributed by atoms with Gasteiger partial charge in [0.2, 0.25) is 0 Å². The molecule has 0 bridgehead atoms. The second-order valence-corrected chi connectivity index (χ2v) is 1.99. The van der Waals surface area contributed by atoms with Gasteiger partial charge in [0.25, 0.3) is 0 Å². The smallest absolute Gasteiger partial charge is 0.0139 e. The highest BCUT2D eigenvalue weighted by Gasteiger charge is 1.85. The van der Waals surface area contributed by atoms with Gasteiger partial charge in [-0.2, -0.15) is 0 Å². The standard InChI is InChI=1S/C9H15/c1-4-7-8-9(5-2)6-3/h4-5,7H,2,6,8H2,1,3H3.